The molecule has 0 aliphatic rings. The van der Waals surface area contributed by atoms with E-state index in [1.165, 1.54) is 5.56 Å². The van der Waals surface area contributed by atoms with E-state index in [0.717, 1.165) is 5.75 Å². The topological polar surface area (TPSA) is 66.9 Å². The second-order valence-electron chi connectivity index (χ2n) is 4.75. The minimum atomic E-state index is -0.0725. The molecule has 1 aromatic carbocycles. The van der Waals surface area contributed by atoms with Crippen molar-refractivity contribution in [2.45, 2.75) is 17.9 Å². The molecule has 0 saturated heterocycles. The maximum absolute atomic E-state index is 12.0. The summed E-state index contributed by atoms with van der Waals surface area (Å²) in [7, 11) is 0. The zero-order chi connectivity index (χ0) is 15.6. The molecule has 1 amide bonds. The Labute approximate surface area is 135 Å². The van der Waals surface area contributed by atoms with Crippen molar-refractivity contribution in [2.75, 3.05) is 18.4 Å². The molecule has 0 saturated carbocycles. The van der Waals surface area contributed by atoms with Crippen LogP contribution in [0.5, 0.6) is 0 Å². The summed E-state index contributed by atoms with van der Waals surface area (Å²) in [6.45, 7) is 3.12. The van der Waals surface area contributed by atoms with E-state index in [0.29, 0.717) is 18.9 Å². The molecule has 22 heavy (non-hydrogen) atoms. The summed E-state index contributed by atoms with van der Waals surface area (Å²) >= 11 is 1.64. The zero-order valence-corrected chi connectivity index (χ0v) is 13.3. The molecule has 1 aromatic heterocycles. The lowest BCUT2D eigenvalue weighted by molar-refractivity contribution is -0.120. The molecule has 2 aromatic rings. The van der Waals surface area contributed by atoms with Crippen molar-refractivity contribution < 1.29 is 4.79 Å². The van der Waals surface area contributed by atoms with E-state index < -0.39 is 0 Å². The van der Waals surface area contributed by atoms with Crippen LogP contribution in [0, 0.1) is 0 Å². The van der Waals surface area contributed by atoms with Gasteiger partial charge in [0.2, 0.25) is 5.91 Å². The Kier molecular flexibility index (Phi) is 6.70. The first-order valence-corrected chi connectivity index (χ1v) is 8.23. The maximum Gasteiger partial charge on any atom is 0.232 e. The number of nitrogens with zero attached hydrogens (tertiary/aromatic N) is 2. The van der Waals surface area contributed by atoms with Gasteiger partial charge in [-0.15, -0.1) is 11.8 Å². The third-order valence-corrected chi connectivity index (χ3v) is 4.22. The van der Waals surface area contributed by atoms with Crippen LogP contribution in [-0.2, 0) is 10.5 Å². The third kappa shape index (κ3) is 5.73. The lowest BCUT2D eigenvalue weighted by Crippen LogP contribution is -2.34. The van der Waals surface area contributed by atoms with Crippen molar-refractivity contribution in [1.29, 1.82) is 0 Å². The molecule has 5 nitrogen and oxygen atoms in total. The summed E-state index contributed by atoms with van der Waals surface area (Å²) in [5, 5.41) is 5.95. The molecular weight excluding hydrogens is 296 g/mol. The number of carbonyl (C=O) groups is 1. The fourth-order valence-electron chi connectivity index (χ4n) is 1.78. The Bertz CT molecular complexity index is 565. The largest absolute Gasteiger partial charge is 0.367 e. The number of carbonyl (C=O) groups excluding carboxylic acids is 1. The molecule has 1 atom stereocenters. The van der Waals surface area contributed by atoms with Gasteiger partial charge in [-0.3, -0.25) is 9.78 Å². The predicted octanol–water partition coefficient (Wildman–Crippen LogP) is 2.33. The highest BCUT2D eigenvalue weighted by atomic mass is 32.2. The highest BCUT2D eigenvalue weighted by Gasteiger charge is 2.12. The van der Waals surface area contributed by atoms with E-state index in [9.17, 15) is 4.79 Å². The van der Waals surface area contributed by atoms with Crippen LogP contribution in [0.1, 0.15) is 12.5 Å². The molecule has 0 bridgehead atoms. The first-order valence-electron chi connectivity index (χ1n) is 7.19. The Morgan fingerprint density at radius 3 is 2.77 bits per heavy atom. The van der Waals surface area contributed by atoms with Crippen LogP contribution in [0.3, 0.4) is 0 Å². The van der Waals surface area contributed by atoms with Crippen molar-refractivity contribution in [3.63, 3.8) is 0 Å². The lowest BCUT2D eigenvalue weighted by atomic mass is 10.2. The first kappa shape index (κ1) is 16.3. The molecule has 0 aliphatic carbocycles. The quantitative estimate of drug-likeness (QED) is 0.732. The van der Waals surface area contributed by atoms with Gasteiger partial charge in [0.05, 0.1) is 11.4 Å². The van der Waals surface area contributed by atoms with Crippen LogP contribution in [0.15, 0.2) is 48.9 Å². The number of aromatic nitrogens is 2. The fourth-order valence-corrected chi connectivity index (χ4v) is 2.65. The van der Waals surface area contributed by atoms with Gasteiger partial charge < -0.3 is 10.6 Å². The van der Waals surface area contributed by atoms with E-state index in [2.05, 4.69) is 32.7 Å². The number of hydrogen-bond donors (Lipinski definition) is 2. The molecule has 0 aliphatic heterocycles. The van der Waals surface area contributed by atoms with Gasteiger partial charge in [-0.1, -0.05) is 30.3 Å². The number of hydrogen-bond acceptors (Lipinski definition) is 5. The average molecular weight is 316 g/mol. The van der Waals surface area contributed by atoms with Gasteiger partial charge in [-0.25, -0.2) is 4.98 Å². The molecule has 0 spiro atoms. The highest BCUT2D eigenvalue weighted by molar-refractivity contribution is 7.99. The van der Waals surface area contributed by atoms with Crippen molar-refractivity contribution >= 4 is 23.5 Å². The van der Waals surface area contributed by atoms with Crippen molar-refractivity contribution in [2.24, 2.45) is 0 Å². The molecule has 1 heterocycles. The van der Waals surface area contributed by atoms with E-state index >= 15 is 0 Å². The van der Waals surface area contributed by atoms with Gasteiger partial charge in [0.1, 0.15) is 5.82 Å². The second-order valence-corrected chi connectivity index (χ2v) is 6.08. The summed E-state index contributed by atoms with van der Waals surface area (Å²) in [4.78, 5) is 20.1. The van der Waals surface area contributed by atoms with Crippen LogP contribution in [0.4, 0.5) is 5.82 Å². The van der Waals surface area contributed by atoms with Gasteiger partial charge >= 0.3 is 0 Å². The predicted molar refractivity (Wildman–Crippen MR) is 90.7 cm³/mol. The third-order valence-electron chi connectivity index (χ3n) is 3.01. The number of anilines is 1. The summed E-state index contributed by atoms with van der Waals surface area (Å²) in [5.41, 5.74) is 1.23. The Morgan fingerprint density at radius 2 is 2.05 bits per heavy atom. The normalized spacial score (nSPS) is 11.7. The monoisotopic (exact) mass is 316 g/mol. The molecule has 116 valence electrons. The summed E-state index contributed by atoms with van der Waals surface area (Å²) < 4.78 is 0. The average Bonchev–Trinajstić information content (AvgIpc) is 2.58. The van der Waals surface area contributed by atoms with Gasteiger partial charge in [-0.05, 0) is 12.5 Å². The second kappa shape index (κ2) is 9.04. The number of nitrogens with one attached hydrogen (secondary N) is 2. The highest BCUT2D eigenvalue weighted by Crippen LogP contribution is 2.17. The number of amides is 1. The van der Waals surface area contributed by atoms with E-state index in [1.54, 1.807) is 30.4 Å². The van der Waals surface area contributed by atoms with Gasteiger partial charge in [0, 0.05) is 31.2 Å². The van der Waals surface area contributed by atoms with Crippen LogP contribution in [-0.4, -0.2) is 34.2 Å². The van der Waals surface area contributed by atoms with Crippen molar-refractivity contribution in [3.8, 4) is 0 Å². The molecule has 0 radical (unpaired) electrons. The summed E-state index contributed by atoms with van der Waals surface area (Å²) in [5.74, 6) is 1.61. The van der Waals surface area contributed by atoms with Gasteiger partial charge in [0.25, 0.3) is 0 Å². The van der Waals surface area contributed by atoms with E-state index in [-0.39, 0.29) is 11.2 Å². The zero-order valence-electron chi connectivity index (χ0n) is 12.5. The maximum atomic E-state index is 12.0. The minimum Gasteiger partial charge on any atom is -0.367 e. The standard InChI is InChI=1S/C16H20N4OS/c1-13(22-12-14-5-3-2-4-6-14)16(21)20-10-9-19-15-11-17-7-8-18-15/h2-8,11,13H,9-10,12H2,1H3,(H,18,19)(H,20,21)/t13-/m1/s1. The van der Waals surface area contributed by atoms with Crippen LogP contribution in [0.25, 0.3) is 0 Å². The van der Waals surface area contributed by atoms with E-state index in [1.807, 2.05) is 25.1 Å². The summed E-state index contributed by atoms with van der Waals surface area (Å²) in [6.07, 6.45) is 4.90. The van der Waals surface area contributed by atoms with Gasteiger partial charge in [0.15, 0.2) is 0 Å². The van der Waals surface area contributed by atoms with Crippen molar-refractivity contribution in [1.82, 2.24) is 15.3 Å². The summed E-state index contributed by atoms with van der Waals surface area (Å²) in [6, 6.07) is 10.2. The minimum absolute atomic E-state index is 0.0573. The molecule has 6 heteroatoms. The molecule has 2 rings (SSSR count). The van der Waals surface area contributed by atoms with Crippen LogP contribution < -0.4 is 10.6 Å². The Balaban J connectivity index is 1.62. The van der Waals surface area contributed by atoms with Crippen LogP contribution in [0.2, 0.25) is 0 Å². The van der Waals surface area contributed by atoms with Crippen molar-refractivity contribution in [3.05, 3.63) is 54.5 Å². The molecule has 0 unspecified atom stereocenters. The number of benzene rings is 1. The SMILES string of the molecule is C[C@@H](SCc1ccccc1)C(=O)NCCNc1cnccn1. The molecular formula is C16H20N4OS. The van der Waals surface area contributed by atoms with E-state index in [4.69, 9.17) is 0 Å². The Morgan fingerprint density at radius 1 is 1.23 bits per heavy atom. The first-order chi connectivity index (χ1) is 10.8. The number of thioether (sulfide) groups is 1. The van der Waals surface area contributed by atoms with Crippen LogP contribution >= 0.6 is 11.8 Å². The Hall–Kier alpha value is -2.08. The number of rotatable bonds is 8. The lowest BCUT2D eigenvalue weighted by Gasteiger charge is -2.12. The molecule has 2 N–H and O–H groups in total. The smallest absolute Gasteiger partial charge is 0.232 e. The molecule has 0 fully saturated rings. The fraction of sp³-hybridized carbons (Fsp3) is 0.312. The van der Waals surface area contributed by atoms with Gasteiger partial charge in [-0.2, -0.15) is 0 Å².